The maximum Gasteiger partial charge on any atom is 0.387 e. The molecule has 30 heavy (non-hydrogen) atoms. The fourth-order valence-electron chi connectivity index (χ4n) is 3.16. The number of nitrogens with one attached hydrogen (secondary N) is 1. The minimum Gasteiger partial charge on any atom is -0.494 e. The molecule has 0 aromatic heterocycles. The van der Waals surface area contributed by atoms with Crippen molar-refractivity contribution in [3.05, 3.63) is 95.6 Å². The lowest BCUT2D eigenvalue weighted by atomic mass is 9.98. The van der Waals surface area contributed by atoms with Gasteiger partial charge in [-0.05, 0) is 47.9 Å². The zero-order valence-corrected chi connectivity index (χ0v) is 16.6. The van der Waals surface area contributed by atoms with Crippen LogP contribution >= 0.6 is 0 Å². The van der Waals surface area contributed by atoms with Crippen LogP contribution in [0.4, 0.5) is 8.78 Å². The Hall–Kier alpha value is -3.41. The fourth-order valence-corrected chi connectivity index (χ4v) is 3.16. The second kappa shape index (κ2) is 10.4. The summed E-state index contributed by atoms with van der Waals surface area (Å²) in [5.74, 6) is 0.559. The number of alkyl halides is 2. The number of hydrogen-bond donors (Lipinski definition) is 1. The molecule has 0 heterocycles. The molecule has 1 N–H and O–H groups in total. The van der Waals surface area contributed by atoms with Crippen LogP contribution in [0.25, 0.3) is 0 Å². The van der Waals surface area contributed by atoms with Gasteiger partial charge in [-0.3, -0.25) is 4.79 Å². The molecule has 1 amide bonds. The predicted octanol–water partition coefficient (Wildman–Crippen LogP) is 5.14. The first-order valence-electron chi connectivity index (χ1n) is 9.66. The van der Waals surface area contributed by atoms with Crippen molar-refractivity contribution < 1.29 is 23.0 Å². The molecular formula is C24H23F2NO3. The molecule has 0 bridgehead atoms. The van der Waals surface area contributed by atoms with E-state index in [9.17, 15) is 13.6 Å². The van der Waals surface area contributed by atoms with Crippen LogP contribution in [0.2, 0.25) is 0 Å². The highest BCUT2D eigenvalue weighted by molar-refractivity contribution is 5.79. The Morgan fingerprint density at radius 3 is 2.27 bits per heavy atom. The highest BCUT2D eigenvalue weighted by Gasteiger charge is 2.17. The lowest BCUT2D eigenvalue weighted by Gasteiger charge is -2.20. The summed E-state index contributed by atoms with van der Waals surface area (Å²) in [5, 5.41) is 3.04. The standard InChI is InChI=1S/C24H23F2NO3/c1-2-29-20-13-11-19(12-14-20)23(18-8-4-3-5-9-18)27-22(28)16-17-7-6-10-21(15-17)30-24(25)26/h3-15,23-24H,2,16H2,1H3,(H,27,28). The summed E-state index contributed by atoms with van der Waals surface area (Å²) >= 11 is 0. The smallest absolute Gasteiger partial charge is 0.387 e. The summed E-state index contributed by atoms with van der Waals surface area (Å²) in [4.78, 5) is 12.7. The van der Waals surface area contributed by atoms with E-state index in [1.165, 1.54) is 12.1 Å². The SMILES string of the molecule is CCOc1ccc(C(NC(=O)Cc2cccc(OC(F)F)c2)c2ccccc2)cc1. The summed E-state index contributed by atoms with van der Waals surface area (Å²) < 4.78 is 34.8. The third-order valence-corrected chi connectivity index (χ3v) is 4.45. The molecule has 1 atom stereocenters. The van der Waals surface area contributed by atoms with Crippen LogP contribution in [0.1, 0.15) is 29.7 Å². The highest BCUT2D eigenvalue weighted by atomic mass is 19.3. The van der Waals surface area contributed by atoms with Gasteiger partial charge in [-0.2, -0.15) is 8.78 Å². The fraction of sp³-hybridized carbons (Fsp3) is 0.208. The molecule has 0 aliphatic carbocycles. The minimum atomic E-state index is -2.91. The van der Waals surface area contributed by atoms with Gasteiger partial charge in [0.15, 0.2) is 0 Å². The van der Waals surface area contributed by atoms with Crippen LogP contribution < -0.4 is 14.8 Å². The number of halogens is 2. The van der Waals surface area contributed by atoms with Crippen molar-refractivity contribution in [3.63, 3.8) is 0 Å². The van der Waals surface area contributed by atoms with E-state index in [0.29, 0.717) is 12.2 Å². The minimum absolute atomic E-state index is 0.0291. The summed E-state index contributed by atoms with van der Waals surface area (Å²) in [6.45, 7) is -0.411. The van der Waals surface area contributed by atoms with Gasteiger partial charge in [-0.25, -0.2) is 0 Å². The zero-order chi connectivity index (χ0) is 21.3. The molecule has 0 radical (unpaired) electrons. The molecule has 3 aromatic rings. The average molecular weight is 411 g/mol. The van der Waals surface area contributed by atoms with Gasteiger partial charge in [0.1, 0.15) is 11.5 Å². The van der Waals surface area contributed by atoms with Crippen LogP contribution in [0.15, 0.2) is 78.9 Å². The van der Waals surface area contributed by atoms with Crippen molar-refractivity contribution in [1.82, 2.24) is 5.32 Å². The van der Waals surface area contributed by atoms with Crippen molar-refractivity contribution >= 4 is 5.91 Å². The summed E-state index contributed by atoms with van der Waals surface area (Å²) in [6.07, 6.45) is 0.0425. The first kappa shape index (κ1) is 21.3. The Morgan fingerprint density at radius 2 is 1.60 bits per heavy atom. The quantitative estimate of drug-likeness (QED) is 0.531. The van der Waals surface area contributed by atoms with E-state index in [2.05, 4.69) is 10.1 Å². The number of hydrogen-bond acceptors (Lipinski definition) is 3. The van der Waals surface area contributed by atoms with E-state index in [1.54, 1.807) is 12.1 Å². The van der Waals surface area contributed by atoms with Gasteiger partial charge in [0.05, 0.1) is 19.1 Å². The van der Waals surface area contributed by atoms with Crippen molar-refractivity contribution in [1.29, 1.82) is 0 Å². The summed E-state index contributed by atoms with van der Waals surface area (Å²) in [7, 11) is 0. The lowest BCUT2D eigenvalue weighted by molar-refractivity contribution is -0.120. The Morgan fingerprint density at radius 1 is 0.900 bits per heavy atom. The van der Waals surface area contributed by atoms with Gasteiger partial charge < -0.3 is 14.8 Å². The number of carbonyl (C=O) groups excluding carboxylic acids is 1. The molecule has 0 aliphatic heterocycles. The molecule has 1 unspecified atom stereocenters. The molecule has 3 rings (SSSR count). The largest absolute Gasteiger partial charge is 0.494 e. The van der Waals surface area contributed by atoms with Crippen molar-refractivity contribution in [3.8, 4) is 11.5 Å². The Balaban J connectivity index is 1.77. The summed E-state index contributed by atoms with van der Waals surface area (Å²) in [5.41, 5.74) is 2.43. The topological polar surface area (TPSA) is 47.6 Å². The van der Waals surface area contributed by atoms with Gasteiger partial charge in [-0.15, -0.1) is 0 Å². The molecule has 0 fully saturated rings. The highest BCUT2D eigenvalue weighted by Crippen LogP contribution is 2.25. The Kier molecular flexibility index (Phi) is 7.38. The van der Waals surface area contributed by atoms with E-state index < -0.39 is 6.61 Å². The number of carbonyl (C=O) groups is 1. The predicted molar refractivity (Wildman–Crippen MR) is 111 cm³/mol. The first-order valence-corrected chi connectivity index (χ1v) is 9.66. The van der Waals surface area contributed by atoms with E-state index in [1.807, 2.05) is 61.5 Å². The van der Waals surface area contributed by atoms with Crippen LogP contribution in [-0.2, 0) is 11.2 Å². The normalized spacial score (nSPS) is 11.7. The lowest BCUT2D eigenvalue weighted by Crippen LogP contribution is -2.30. The van der Waals surface area contributed by atoms with Crippen LogP contribution in [0.3, 0.4) is 0 Å². The zero-order valence-electron chi connectivity index (χ0n) is 16.6. The van der Waals surface area contributed by atoms with Crippen LogP contribution in [-0.4, -0.2) is 19.1 Å². The number of ether oxygens (including phenoxy) is 2. The van der Waals surface area contributed by atoms with Crippen molar-refractivity contribution in [2.24, 2.45) is 0 Å². The third kappa shape index (κ3) is 6.04. The maximum atomic E-state index is 12.7. The monoisotopic (exact) mass is 411 g/mol. The van der Waals surface area contributed by atoms with Gasteiger partial charge in [0.25, 0.3) is 0 Å². The average Bonchev–Trinajstić information content (AvgIpc) is 2.73. The van der Waals surface area contributed by atoms with Crippen molar-refractivity contribution in [2.75, 3.05) is 6.61 Å². The van der Waals surface area contributed by atoms with Crippen LogP contribution in [0, 0.1) is 0 Å². The first-order chi connectivity index (χ1) is 14.5. The maximum absolute atomic E-state index is 12.7. The molecule has 4 nitrogen and oxygen atoms in total. The Labute approximate surface area is 174 Å². The Bertz CT molecular complexity index is 946. The van der Waals surface area contributed by atoms with E-state index in [-0.39, 0.29) is 24.1 Å². The molecule has 0 saturated carbocycles. The second-order valence-electron chi connectivity index (χ2n) is 6.62. The molecule has 156 valence electrons. The van der Waals surface area contributed by atoms with E-state index >= 15 is 0 Å². The third-order valence-electron chi connectivity index (χ3n) is 4.45. The van der Waals surface area contributed by atoms with Gasteiger partial charge in [-0.1, -0.05) is 54.6 Å². The molecule has 3 aromatic carbocycles. The molecule has 6 heteroatoms. The van der Waals surface area contributed by atoms with Gasteiger partial charge >= 0.3 is 6.61 Å². The number of amides is 1. The van der Waals surface area contributed by atoms with E-state index in [4.69, 9.17) is 4.74 Å². The summed E-state index contributed by atoms with van der Waals surface area (Å²) in [6, 6.07) is 23.0. The molecular weight excluding hydrogens is 388 g/mol. The number of rotatable bonds is 9. The second-order valence-corrected chi connectivity index (χ2v) is 6.62. The number of benzene rings is 3. The van der Waals surface area contributed by atoms with Gasteiger partial charge in [0.2, 0.25) is 5.91 Å². The molecule has 0 aliphatic rings. The van der Waals surface area contributed by atoms with Crippen LogP contribution in [0.5, 0.6) is 11.5 Å². The molecule has 0 saturated heterocycles. The van der Waals surface area contributed by atoms with Gasteiger partial charge in [0, 0.05) is 0 Å². The van der Waals surface area contributed by atoms with E-state index in [0.717, 1.165) is 16.9 Å². The van der Waals surface area contributed by atoms with Crippen molar-refractivity contribution in [2.45, 2.75) is 26.0 Å². The molecule has 0 spiro atoms.